The molecule has 29 heavy (non-hydrogen) atoms. The van der Waals surface area contributed by atoms with E-state index in [-0.39, 0.29) is 11.1 Å². The fraction of sp³-hybridized carbons (Fsp3) is 0.0455. The zero-order valence-corrected chi connectivity index (χ0v) is 16.0. The lowest BCUT2D eigenvalue weighted by Gasteiger charge is -2.10. The van der Waals surface area contributed by atoms with Gasteiger partial charge in [0.2, 0.25) is 5.91 Å². The third-order valence-corrected chi connectivity index (χ3v) is 5.75. The highest BCUT2D eigenvalue weighted by atomic mass is 35.5. The van der Waals surface area contributed by atoms with Gasteiger partial charge in [-0.05, 0) is 35.9 Å². The highest BCUT2D eigenvalue weighted by Crippen LogP contribution is 2.41. The van der Waals surface area contributed by atoms with Crippen molar-refractivity contribution in [2.75, 3.05) is 0 Å². The fourth-order valence-electron chi connectivity index (χ4n) is 4.10. The average molecular weight is 404 g/mol. The van der Waals surface area contributed by atoms with Crippen molar-refractivity contribution in [1.82, 2.24) is 9.88 Å². The van der Waals surface area contributed by atoms with Crippen molar-refractivity contribution in [3.63, 3.8) is 0 Å². The number of carbonyl (C=O) groups excluding carboxylic acids is 3. The lowest BCUT2D eigenvalue weighted by atomic mass is 9.92. The number of hydrogen-bond acceptors (Lipinski definition) is 3. The lowest BCUT2D eigenvalue weighted by Crippen LogP contribution is -2.20. The van der Waals surface area contributed by atoms with Gasteiger partial charge in [-0.2, -0.15) is 0 Å². The maximum absolute atomic E-state index is 12.8. The molecule has 0 fully saturated rings. The molecule has 0 unspecified atom stereocenters. The van der Waals surface area contributed by atoms with Gasteiger partial charge in [-0.1, -0.05) is 29.8 Å². The number of carbonyl (C=O) groups is 3. The lowest BCUT2D eigenvalue weighted by molar-refractivity contribution is 0.0879. The van der Waals surface area contributed by atoms with Crippen LogP contribution in [0.15, 0.2) is 48.5 Å². The zero-order chi connectivity index (χ0) is 20.4. The highest BCUT2D eigenvalue weighted by molar-refractivity contribution is 6.36. The number of nitrogens with zero attached hydrogens (tertiary/aromatic N) is 1. The van der Waals surface area contributed by atoms with Crippen molar-refractivity contribution in [3.05, 3.63) is 70.2 Å². The molecule has 0 saturated heterocycles. The first-order valence-electron chi connectivity index (χ1n) is 8.88. The van der Waals surface area contributed by atoms with Crippen LogP contribution in [-0.2, 0) is 7.05 Å². The first-order chi connectivity index (χ1) is 13.9. The molecule has 0 aliphatic carbocycles. The Bertz CT molecular complexity index is 1420. The van der Waals surface area contributed by atoms with E-state index in [1.54, 1.807) is 30.3 Å². The third kappa shape index (κ3) is 2.33. The van der Waals surface area contributed by atoms with Gasteiger partial charge in [0.25, 0.3) is 11.8 Å². The topological polar surface area (TPSA) is 94.2 Å². The van der Waals surface area contributed by atoms with E-state index in [0.717, 1.165) is 11.0 Å². The summed E-state index contributed by atoms with van der Waals surface area (Å²) in [5.74, 6) is -1.50. The molecule has 3 aromatic carbocycles. The van der Waals surface area contributed by atoms with Gasteiger partial charge in [-0.15, -0.1) is 0 Å². The average Bonchev–Trinajstić information content (AvgIpc) is 3.15. The SMILES string of the molecule is Cn1c2ccc(C(N)=O)cc2c2c3c(c(-c4ccccc4Cl)cc21)C(=O)NC3=O. The second-order valence-electron chi connectivity index (χ2n) is 6.99. The molecule has 0 saturated carbocycles. The standard InChI is InChI=1S/C22H14ClN3O3/c1-26-15-7-6-10(20(24)27)8-13(15)17-16(26)9-12(11-4-2-3-5-14(11)23)18-19(17)22(29)25-21(18)28/h2-9H,1H3,(H2,24,27)(H,25,28,29). The zero-order valence-electron chi connectivity index (χ0n) is 15.2. The van der Waals surface area contributed by atoms with E-state index in [1.165, 1.54) is 0 Å². The van der Waals surface area contributed by atoms with Gasteiger partial charge in [0.1, 0.15) is 0 Å². The maximum Gasteiger partial charge on any atom is 0.259 e. The van der Waals surface area contributed by atoms with Crippen molar-refractivity contribution in [3.8, 4) is 11.1 Å². The Morgan fingerprint density at radius 2 is 1.69 bits per heavy atom. The molecule has 0 bridgehead atoms. The number of rotatable bonds is 2. The van der Waals surface area contributed by atoms with E-state index in [0.29, 0.717) is 32.5 Å². The van der Waals surface area contributed by atoms with Crippen LogP contribution >= 0.6 is 11.6 Å². The molecule has 1 aliphatic rings. The van der Waals surface area contributed by atoms with Gasteiger partial charge in [0.15, 0.2) is 0 Å². The number of primary amides is 1. The van der Waals surface area contributed by atoms with Gasteiger partial charge in [-0.25, -0.2) is 0 Å². The largest absolute Gasteiger partial charge is 0.366 e. The molecule has 4 aromatic rings. The number of fused-ring (bicyclic) bond motifs is 5. The van der Waals surface area contributed by atoms with Crippen molar-refractivity contribution < 1.29 is 14.4 Å². The Hall–Kier alpha value is -3.64. The second kappa shape index (κ2) is 5.93. The molecule has 1 aliphatic heterocycles. The quantitative estimate of drug-likeness (QED) is 0.500. The molecule has 6 nitrogen and oxygen atoms in total. The number of nitrogens with one attached hydrogen (secondary N) is 1. The van der Waals surface area contributed by atoms with E-state index in [1.807, 2.05) is 29.8 Å². The van der Waals surface area contributed by atoms with Crippen molar-refractivity contribution in [2.45, 2.75) is 0 Å². The van der Waals surface area contributed by atoms with Crippen LogP contribution in [0.5, 0.6) is 0 Å². The number of benzene rings is 3. The molecule has 142 valence electrons. The van der Waals surface area contributed by atoms with Crippen molar-refractivity contribution in [2.24, 2.45) is 12.8 Å². The molecular formula is C22H14ClN3O3. The molecule has 0 spiro atoms. The van der Waals surface area contributed by atoms with Crippen LogP contribution in [0.25, 0.3) is 32.9 Å². The van der Waals surface area contributed by atoms with Gasteiger partial charge in [0.05, 0.1) is 16.6 Å². The Kier molecular flexibility index (Phi) is 3.57. The van der Waals surface area contributed by atoms with Crippen LogP contribution in [0.1, 0.15) is 31.1 Å². The minimum atomic E-state index is -0.561. The maximum atomic E-state index is 12.8. The molecule has 2 heterocycles. The van der Waals surface area contributed by atoms with Gasteiger partial charge >= 0.3 is 0 Å². The summed E-state index contributed by atoms with van der Waals surface area (Å²) in [5.41, 5.74) is 9.16. The molecule has 0 radical (unpaired) electrons. The number of hydrogen-bond donors (Lipinski definition) is 2. The van der Waals surface area contributed by atoms with E-state index >= 15 is 0 Å². The Morgan fingerprint density at radius 1 is 0.966 bits per heavy atom. The van der Waals surface area contributed by atoms with Gasteiger partial charge in [-0.3, -0.25) is 19.7 Å². The summed E-state index contributed by atoms with van der Waals surface area (Å²) in [4.78, 5) is 37.1. The Morgan fingerprint density at radius 3 is 2.41 bits per heavy atom. The number of halogens is 1. The summed E-state index contributed by atoms with van der Waals surface area (Å²) in [5, 5.41) is 4.17. The van der Waals surface area contributed by atoms with Crippen LogP contribution in [0.2, 0.25) is 5.02 Å². The van der Waals surface area contributed by atoms with E-state index in [9.17, 15) is 14.4 Å². The Labute approximate surface area is 169 Å². The summed E-state index contributed by atoms with van der Waals surface area (Å²) < 4.78 is 1.92. The van der Waals surface area contributed by atoms with E-state index in [4.69, 9.17) is 17.3 Å². The molecule has 1 aromatic heterocycles. The summed E-state index contributed by atoms with van der Waals surface area (Å²) in [6, 6.07) is 14.1. The van der Waals surface area contributed by atoms with Gasteiger partial charge in [0, 0.05) is 39.5 Å². The van der Waals surface area contributed by atoms with E-state index in [2.05, 4.69) is 5.32 Å². The smallest absolute Gasteiger partial charge is 0.259 e. The van der Waals surface area contributed by atoms with Gasteiger partial charge < -0.3 is 10.3 Å². The monoisotopic (exact) mass is 403 g/mol. The van der Waals surface area contributed by atoms with E-state index < -0.39 is 17.7 Å². The number of imide groups is 1. The van der Waals surface area contributed by atoms with Crippen LogP contribution in [0.4, 0.5) is 0 Å². The number of nitrogens with two attached hydrogens (primary N) is 1. The fourth-order valence-corrected chi connectivity index (χ4v) is 4.34. The molecule has 3 amide bonds. The summed E-state index contributed by atoms with van der Waals surface area (Å²) >= 11 is 6.40. The van der Waals surface area contributed by atoms with Crippen LogP contribution in [-0.4, -0.2) is 22.3 Å². The van der Waals surface area contributed by atoms with Crippen molar-refractivity contribution >= 4 is 51.1 Å². The Balaban J connectivity index is 2.00. The molecule has 0 atom stereocenters. The second-order valence-corrected chi connectivity index (χ2v) is 7.39. The van der Waals surface area contributed by atoms with Crippen LogP contribution in [0.3, 0.4) is 0 Å². The summed E-state index contributed by atoms with van der Waals surface area (Å²) in [6.07, 6.45) is 0. The molecule has 7 heteroatoms. The van der Waals surface area contributed by atoms with Crippen LogP contribution < -0.4 is 11.1 Å². The molecule has 5 rings (SSSR count). The molecular weight excluding hydrogens is 390 g/mol. The third-order valence-electron chi connectivity index (χ3n) is 5.42. The summed E-state index contributed by atoms with van der Waals surface area (Å²) in [7, 11) is 1.87. The number of amides is 3. The predicted octanol–water partition coefficient (Wildman–Crippen LogP) is 3.63. The van der Waals surface area contributed by atoms with Crippen molar-refractivity contribution in [1.29, 1.82) is 0 Å². The number of aryl methyl sites for hydroxylation is 1. The minimum Gasteiger partial charge on any atom is -0.366 e. The highest BCUT2D eigenvalue weighted by Gasteiger charge is 2.34. The normalized spacial score (nSPS) is 13.2. The molecule has 3 N–H and O–H groups in total. The predicted molar refractivity (Wildman–Crippen MR) is 111 cm³/mol. The first-order valence-corrected chi connectivity index (χ1v) is 9.26. The number of aromatic nitrogens is 1. The van der Waals surface area contributed by atoms with Crippen LogP contribution in [0, 0.1) is 0 Å². The summed E-state index contributed by atoms with van der Waals surface area (Å²) in [6.45, 7) is 0. The first kappa shape index (κ1) is 17.5. The minimum absolute atomic E-state index is 0.285.